The molecule has 0 aliphatic carbocycles. The molecule has 0 radical (unpaired) electrons. The second-order valence-corrected chi connectivity index (χ2v) is 8.51. The second kappa shape index (κ2) is 13.6. The molecule has 0 amide bonds. The molecule has 7 atom stereocenters. The normalized spacial score (nSPS) is 24.5. The van der Waals surface area contributed by atoms with E-state index < -0.39 is 49.5 Å². The van der Waals surface area contributed by atoms with Gasteiger partial charge in [0.15, 0.2) is 29.3 Å². The van der Waals surface area contributed by atoms with E-state index in [1.165, 1.54) is 28.4 Å². The summed E-state index contributed by atoms with van der Waals surface area (Å²) >= 11 is 0. The molecule has 0 saturated carbocycles. The van der Waals surface area contributed by atoms with Gasteiger partial charge in [-0.25, -0.2) is 0 Å². The summed E-state index contributed by atoms with van der Waals surface area (Å²) < 4.78 is 32.5. The molecule has 3 rings (SSSR count). The molecule has 208 valence electrons. The van der Waals surface area contributed by atoms with E-state index in [1.54, 1.807) is 36.4 Å². The fraction of sp³-hybridized carbons (Fsp3) is 0.481. The van der Waals surface area contributed by atoms with Crippen molar-refractivity contribution < 1.29 is 54.0 Å². The minimum atomic E-state index is -1.65. The molecular formula is C27H34O11. The quantitative estimate of drug-likeness (QED) is 0.269. The van der Waals surface area contributed by atoms with E-state index in [4.69, 9.17) is 28.4 Å². The molecule has 0 aromatic heterocycles. The Labute approximate surface area is 221 Å². The van der Waals surface area contributed by atoms with Crippen LogP contribution in [0.3, 0.4) is 0 Å². The summed E-state index contributed by atoms with van der Waals surface area (Å²) in [5, 5.41) is 51.5. The number of benzene rings is 2. The van der Waals surface area contributed by atoms with E-state index in [-0.39, 0.29) is 6.42 Å². The molecule has 11 nitrogen and oxygen atoms in total. The molecule has 1 saturated heterocycles. The molecule has 1 aliphatic rings. The molecule has 0 bridgehead atoms. The van der Waals surface area contributed by atoms with E-state index in [0.717, 1.165) is 0 Å². The van der Waals surface area contributed by atoms with Gasteiger partial charge >= 0.3 is 0 Å². The van der Waals surface area contributed by atoms with Gasteiger partial charge in [-0.05, 0) is 35.9 Å². The van der Waals surface area contributed by atoms with E-state index in [0.29, 0.717) is 34.1 Å². The highest BCUT2D eigenvalue weighted by Gasteiger charge is 2.45. The third-order valence-corrected chi connectivity index (χ3v) is 6.18. The number of rotatable bonds is 10. The Bertz CT molecular complexity index is 1110. The van der Waals surface area contributed by atoms with Gasteiger partial charge in [0.2, 0.25) is 0 Å². The largest absolute Gasteiger partial charge is 0.493 e. The maximum absolute atomic E-state index is 11.2. The average Bonchev–Trinajstić information content (AvgIpc) is 2.95. The van der Waals surface area contributed by atoms with Crippen LogP contribution >= 0.6 is 0 Å². The van der Waals surface area contributed by atoms with E-state index in [2.05, 4.69) is 11.8 Å². The lowest BCUT2D eigenvalue weighted by atomic mass is 9.98. The predicted molar refractivity (Wildman–Crippen MR) is 134 cm³/mol. The average molecular weight is 535 g/mol. The number of ether oxygens (including phenoxy) is 6. The zero-order chi connectivity index (χ0) is 27.8. The van der Waals surface area contributed by atoms with Crippen LogP contribution < -0.4 is 18.9 Å². The van der Waals surface area contributed by atoms with Crippen LogP contribution in [0.1, 0.15) is 23.7 Å². The van der Waals surface area contributed by atoms with Crippen molar-refractivity contribution >= 4 is 0 Å². The van der Waals surface area contributed by atoms with Crippen molar-refractivity contribution in [2.45, 2.75) is 49.3 Å². The summed E-state index contributed by atoms with van der Waals surface area (Å²) in [4.78, 5) is 0. The highest BCUT2D eigenvalue weighted by Crippen LogP contribution is 2.34. The number of aliphatic hydroxyl groups excluding tert-OH is 5. The first-order valence-electron chi connectivity index (χ1n) is 11.8. The van der Waals surface area contributed by atoms with Gasteiger partial charge in [0.1, 0.15) is 36.6 Å². The maximum atomic E-state index is 11.2. The molecule has 5 N–H and O–H groups in total. The van der Waals surface area contributed by atoms with E-state index in [9.17, 15) is 25.5 Å². The lowest BCUT2D eigenvalue weighted by Gasteiger charge is -2.41. The van der Waals surface area contributed by atoms with Crippen LogP contribution in [0.4, 0.5) is 0 Å². The number of hydrogen-bond acceptors (Lipinski definition) is 11. The van der Waals surface area contributed by atoms with E-state index in [1.807, 2.05) is 0 Å². The first-order valence-corrected chi connectivity index (χ1v) is 11.8. The zero-order valence-electron chi connectivity index (χ0n) is 21.6. The van der Waals surface area contributed by atoms with Crippen molar-refractivity contribution in [3.8, 4) is 34.8 Å². The van der Waals surface area contributed by atoms with Crippen LogP contribution in [0, 0.1) is 11.8 Å². The van der Waals surface area contributed by atoms with Crippen molar-refractivity contribution in [3.63, 3.8) is 0 Å². The molecule has 2 unspecified atom stereocenters. The minimum Gasteiger partial charge on any atom is -0.493 e. The van der Waals surface area contributed by atoms with Crippen molar-refractivity contribution in [1.82, 2.24) is 0 Å². The number of methoxy groups -OCH3 is 4. The van der Waals surface area contributed by atoms with Crippen LogP contribution in [-0.4, -0.2) is 97.4 Å². The highest BCUT2D eigenvalue weighted by molar-refractivity contribution is 5.48. The summed E-state index contributed by atoms with van der Waals surface area (Å²) in [5.74, 6) is 7.82. The summed E-state index contributed by atoms with van der Waals surface area (Å²) in [6.45, 7) is -0.618. The van der Waals surface area contributed by atoms with Crippen molar-refractivity contribution in [2.24, 2.45) is 0 Å². The molecular weight excluding hydrogens is 500 g/mol. The van der Waals surface area contributed by atoms with Gasteiger partial charge in [-0.2, -0.15) is 0 Å². The first-order chi connectivity index (χ1) is 18.3. The Morgan fingerprint density at radius 1 is 0.816 bits per heavy atom. The van der Waals surface area contributed by atoms with Crippen molar-refractivity contribution in [1.29, 1.82) is 0 Å². The molecule has 1 aliphatic heterocycles. The Morgan fingerprint density at radius 3 is 2.03 bits per heavy atom. The molecule has 1 heterocycles. The van der Waals surface area contributed by atoms with Crippen molar-refractivity contribution in [3.05, 3.63) is 47.5 Å². The van der Waals surface area contributed by atoms with Crippen LogP contribution in [0.2, 0.25) is 0 Å². The van der Waals surface area contributed by atoms with Crippen molar-refractivity contribution in [2.75, 3.05) is 35.0 Å². The Kier molecular flexibility index (Phi) is 10.6. The predicted octanol–water partition coefficient (Wildman–Crippen LogP) is 0.381. The first kappa shape index (κ1) is 29.5. The monoisotopic (exact) mass is 534 g/mol. The Morgan fingerprint density at radius 2 is 1.42 bits per heavy atom. The summed E-state index contributed by atoms with van der Waals surface area (Å²) in [6.07, 6.45) is -9.84. The van der Waals surface area contributed by atoms with Gasteiger partial charge < -0.3 is 54.0 Å². The summed E-state index contributed by atoms with van der Waals surface area (Å²) in [5.41, 5.74) is 1.03. The molecule has 38 heavy (non-hydrogen) atoms. The Hall–Kier alpha value is -3.08. The lowest BCUT2D eigenvalue weighted by molar-refractivity contribution is -0.316. The SMILES string of the molecule is COc1ccc(C#CCC(O[C@@H]2O[C@H](CO)[C@@H](O)[C@H](O)[C@H]2O)C(O)c2ccc(OC)c(OC)c2)cc1OC. The van der Waals surface area contributed by atoms with Crippen LogP contribution in [0.15, 0.2) is 36.4 Å². The minimum absolute atomic E-state index is 0.0289. The summed E-state index contributed by atoms with van der Waals surface area (Å²) in [7, 11) is 5.99. The van der Waals surface area contributed by atoms with Crippen LogP contribution in [0.25, 0.3) is 0 Å². The summed E-state index contributed by atoms with van der Waals surface area (Å²) in [6, 6.07) is 9.98. The van der Waals surface area contributed by atoms with Gasteiger partial charge in [-0.1, -0.05) is 17.9 Å². The standard InChI is InChI=1S/C27H34O11/c1-33-17-10-8-15(12-20(17)35-3)6-5-7-19(23(29)16-9-11-18(34-2)21(13-16)36-4)37-27-26(32)25(31)24(30)22(14-28)38-27/h8-13,19,22-32H,7,14H2,1-4H3/t19?,22-,23?,24-,25+,26-,27-/m1/s1. The third-order valence-electron chi connectivity index (χ3n) is 6.18. The Balaban J connectivity index is 1.90. The second-order valence-electron chi connectivity index (χ2n) is 8.51. The number of aliphatic hydroxyl groups is 5. The van der Waals surface area contributed by atoms with E-state index >= 15 is 0 Å². The number of hydrogen-bond donors (Lipinski definition) is 5. The maximum Gasteiger partial charge on any atom is 0.187 e. The molecule has 11 heteroatoms. The van der Waals surface area contributed by atoms with Gasteiger partial charge in [0.25, 0.3) is 0 Å². The molecule has 0 spiro atoms. The van der Waals surface area contributed by atoms with Gasteiger partial charge in [-0.3, -0.25) is 0 Å². The van der Waals surface area contributed by atoms with Gasteiger partial charge in [0.05, 0.1) is 35.0 Å². The van der Waals surface area contributed by atoms with Crippen LogP contribution in [-0.2, 0) is 9.47 Å². The smallest absolute Gasteiger partial charge is 0.187 e. The van der Waals surface area contributed by atoms with Gasteiger partial charge in [0, 0.05) is 12.0 Å². The zero-order valence-corrected chi connectivity index (χ0v) is 21.6. The molecule has 2 aromatic rings. The third kappa shape index (κ3) is 6.67. The molecule has 2 aromatic carbocycles. The topological polar surface area (TPSA) is 157 Å². The van der Waals surface area contributed by atoms with Crippen LogP contribution in [0.5, 0.6) is 23.0 Å². The fourth-order valence-electron chi connectivity index (χ4n) is 4.01. The van der Waals surface area contributed by atoms with Gasteiger partial charge in [-0.15, -0.1) is 0 Å². The lowest BCUT2D eigenvalue weighted by Crippen LogP contribution is -2.59. The molecule has 1 fully saturated rings. The fourth-order valence-corrected chi connectivity index (χ4v) is 4.01. The highest BCUT2D eigenvalue weighted by atomic mass is 16.7.